The van der Waals surface area contributed by atoms with Crippen molar-refractivity contribution in [3.63, 3.8) is 0 Å². The molecule has 0 aromatic heterocycles. The van der Waals surface area contributed by atoms with Gasteiger partial charge in [-0.05, 0) is 30.6 Å². The Balaban J connectivity index is 1.96. The molecule has 0 bridgehead atoms. The lowest BCUT2D eigenvalue weighted by Crippen LogP contribution is -2.04. The smallest absolute Gasteiger partial charge is 0.101 e. The van der Waals surface area contributed by atoms with Crippen LogP contribution in [0.15, 0.2) is 0 Å². The Labute approximate surface area is 71.9 Å². The number of rotatable bonds is 1. The second kappa shape index (κ2) is 2.04. The number of hydrogen-bond donors (Lipinski definition) is 0. The topological polar surface area (TPSA) is 0 Å². The van der Waals surface area contributed by atoms with Crippen LogP contribution in [-0.2, 0) is 0 Å². The largest absolute Gasteiger partial charge is 0.124 e. The van der Waals surface area contributed by atoms with Gasteiger partial charge < -0.3 is 0 Å². The highest BCUT2D eigenvalue weighted by Crippen LogP contribution is 2.68. The normalized spacial score (nSPS) is 48.9. The van der Waals surface area contributed by atoms with Crippen molar-refractivity contribution in [3.8, 4) is 0 Å². The average molecular weight is 179 g/mol. The van der Waals surface area contributed by atoms with Gasteiger partial charge in [0, 0.05) is 0 Å². The third-order valence-electron chi connectivity index (χ3n) is 3.12. The van der Waals surface area contributed by atoms with Crippen LogP contribution in [0, 0.1) is 17.8 Å². The quantitative estimate of drug-likeness (QED) is 0.542. The summed E-state index contributed by atoms with van der Waals surface area (Å²) in [5.74, 6) is 2.20. The summed E-state index contributed by atoms with van der Waals surface area (Å²) in [6, 6.07) is 0. The predicted octanol–water partition coefficient (Wildman–Crippen LogP) is 3.23. The summed E-state index contributed by atoms with van der Waals surface area (Å²) in [6.45, 7) is 2.25. The molecule has 0 N–H and O–H groups in total. The molecule has 2 saturated carbocycles. The number of fused-ring (bicyclic) bond motifs is 1. The molecular formula is C8H12Cl2. The van der Waals surface area contributed by atoms with Gasteiger partial charge in [0.2, 0.25) is 0 Å². The third kappa shape index (κ3) is 0.816. The highest BCUT2D eigenvalue weighted by molar-refractivity contribution is 6.51. The van der Waals surface area contributed by atoms with Crippen LogP contribution in [0.3, 0.4) is 0 Å². The number of halogens is 2. The van der Waals surface area contributed by atoms with Crippen LogP contribution < -0.4 is 0 Å². The van der Waals surface area contributed by atoms with Crippen molar-refractivity contribution in [2.45, 2.75) is 30.5 Å². The minimum Gasteiger partial charge on any atom is -0.101 e. The number of alkyl halides is 2. The van der Waals surface area contributed by atoms with Gasteiger partial charge in [0.05, 0.1) is 0 Å². The van der Waals surface area contributed by atoms with Gasteiger partial charge in [0.15, 0.2) is 0 Å². The van der Waals surface area contributed by atoms with Gasteiger partial charge >= 0.3 is 0 Å². The van der Waals surface area contributed by atoms with Gasteiger partial charge in [-0.3, -0.25) is 0 Å². The molecule has 58 valence electrons. The maximum Gasteiger partial charge on any atom is 0.124 e. The van der Waals surface area contributed by atoms with E-state index in [-0.39, 0.29) is 4.33 Å². The van der Waals surface area contributed by atoms with Gasteiger partial charge in [-0.25, -0.2) is 0 Å². The van der Waals surface area contributed by atoms with E-state index in [0.29, 0.717) is 11.8 Å². The fourth-order valence-corrected chi connectivity index (χ4v) is 3.09. The van der Waals surface area contributed by atoms with Crippen LogP contribution in [-0.4, -0.2) is 4.33 Å². The molecule has 10 heavy (non-hydrogen) atoms. The van der Waals surface area contributed by atoms with Crippen LogP contribution in [0.25, 0.3) is 0 Å². The molecule has 0 aliphatic heterocycles. The molecule has 0 aromatic rings. The molecule has 2 unspecified atom stereocenters. The van der Waals surface area contributed by atoms with Crippen LogP contribution >= 0.6 is 23.2 Å². The van der Waals surface area contributed by atoms with E-state index >= 15 is 0 Å². The van der Waals surface area contributed by atoms with Crippen molar-refractivity contribution < 1.29 is 0 Å². The Hall–Kier alpha value is 0.580. The van der Waals surface area contributed by atoms with Crippen LogP contribution in [0.5, 0.6) is 0 Å². The third-order valence-corrected chi connectivity index (χ3v) is 4.24. The zero-order valence-electron chi connectivity index (χ0n) is 6.11. The van der Waals surface area contributed by atoms with E-state index in [0.717, 1.165) is 5.92 Å². The van der Waals surface area contributed by atoms with Gasteiger partial charge in [-0.2, -0.15) is 0 Å². The van der Waals surface area contributed by atoms with Crippen LogP contribution in [0.2, 0.25) is 0 Å². The first-order chi connectivity index (χ1) is 4.66. The van der Waals surface area contributed by atoms with Crippen LogP contribution in [0.4, 0.5) is 0 Å². The second-order valence-corrected chi connectivity index (χ2v) is 5.08. The molecule has 2 atom stereocenters. The maximum atomic E-state index is 6.00. The SMILES string of the molecule is CCC1CC2C(C1)C2(Cl)Cl. The summed E-state index contributed by atoms with van der Waals surface area (Å²) in [5, 5.41) is 0. The summed E-state index contributed by atoms with van der Waals surface area (Å²) in [6.07, 6.45) is 3.85. The fraction of sp³-hybridized carbons (Fsp3) is 1.00. The molecule has 2 rings (SSSR count). The standard InChI is InChI=1S/C8H12Cl2/c1-2-5-3-6-7(4-5)8(6,9)10/h5-7H,2-4H2,1H3. The van der Waals surface area contributed by atoms with E-state index in [2.05, 4.69) is 6.92 Å². The Morgan fingerprint density at radius 2 is 1.80 bits per heavy atom. The minimum absolute atomic E-state index is 0.314. The van der Waals surface area contributed by atoms with Crippen molar-refractivity contribution in [2.75, 3.05) is 0 Å². The molecule has 0 saturated heterocycles. The molecule has 2 aliphatic carbocycles. The molecular weight excluding hydrogens is 167 g/mol. The molecule has 2 aliphatic rings. The first-order valence-corrected chi connectivity index (χ1v) is 4.79. The summed E-state index contributed by atoms with van der Waals surface area (Å²) >= 11 is 12.0. The van der Waals surface area contributed by atoms with Crippen molar-refractivity contribution in [1.29, 1.82) is 0 Å². The molecule has 2 fully saturated rings. The Morgan fingerprint density at radius 1 is 1.30 bits per heavy atom. The second-order valence-electron chi connectivity index (χ2n) is 3.63. The van der Waals surface area contributed by atoms with Crippen molar-refractivity contribution in [2.24, 2.45) is 17.8 Å². The van der Waals surface area contributed by atoms with E-state index in [1.807, 2.05) is 0 Å². The molecule has 2 heteroatoms. The predicted molar refractivity (Wildman–Crippen MR) is 44.4 cm³/mol. The van der Waals surface area contributed by atoms with E-state index in [1.165, 1.54) is 19.3 Å². The maximum absolute atomic E-state index is 6.00. The van der Waals surface area contributed by atoms with Gasteiger partial charge in [-0.15, -0.1) is 23.2 Å². The summed E-state index contributed by atoms with van der Waals surface area (Å²) in [5.41, 5.74) is 0. The molecule has 0 spiro atoms. The van der Waals surface area contributed by atoms with Gasteiger partial charge in [0.25, 0.3) is 0 Å². The Morgan fingerprint density at radius 3 is 2.20 bits per heavy atom. The molecule has 0 nitrogen and oxygen atoms in total. The van der Waals surface area contributed by atoms with Crippen LogP contribution in [0.1, 0.15) is 26.2 Å². The minimum atomic E-state index is -0.314. The lowest BCUT2D eigenvalue weighted by atomic mass is 10.0. The van der Waals surface area contributed by atoms with Gasteiger partial charge in [0.1, 0.15) is 4.33 Å². The average Bonchev–Trinajstić information content (AvgIpc) is 2.37. The highest BCUT2D eigenvalue weighted by Gasteiger charge is 2.66. The lowest BCUT2D eigenvalue weighted by Gasteiger charge is -2.11. The Bertz CT molecular complexity index is 139. The lowest BCUT2D eigenvalue weighted by molar-refractivity contribution is 0.467. The monoisotopic (exact) mass is 178 g/mol. The summed E-state index contributed by atoms with van der Waals surface area (Å²) in [7, 11) is 0. The number of hydrogen-bond acceptors (Lipinski definition) is 0. The highest BCUT2D eigenvalue weighted by atomic mass is 35.5. The van der Waals surface area contributed by atoms with Crippen molar-refractivity contribution >= 4 is 23.2 Å². The molecule has 0 heterocycles. The fourth-order valence-electron chi connectivity index (χ4n) is 2.25. The van der Waals surface area contributed by atoms with E-state index in [1.54, 1.807) is 0 Å². The molecule has 0 amide bonds. The van der Waals surface area contributed by atoms with Crippen molar-refractivity contribution in [3.05, 3.63) is 0 Å². The zero-order chi connectivity index (χ0) is 7.35. The van der Waals surface area contributed by atoms with E-state index in [4.69, 9.17) is 23.2 Å². The first-order valence-electron chi connectivity index (χ1n) is 4.04. The zero-order valence-corrected chi connectivity index (χ0v) is 7.62. The molecule has 0 radical (unpaired) electrons. The molecule has 0 aromatic carbocycles. The van der Waals surface area contributed by atoms with Crippen molar-refractivity contribution in [1.82, 2.24) is 0 Å². The summed E-state index contributed by atoms with van der Waals surface area (Å²) in [4.78, 5) is 0. The summed E-state index contributed by atoms with van der Waals surface area (Å²) < 4.78 is -0.314. The van der Waals surface area contributed by atoms with Gasteiger partial charge in [-0.1, -0.05) is 13.3 Å². The van der Waals surface area contributed by atoms with E-state index in [9.17, 15) is 0 Å². The Kier molecular flexibility index (Phi) is 1.48. The van der Waals surface area contributed by atoms with E-state index < -0.39 is 0 Å². The first kappa shape index (κ1) is 7.24.